The summed E-state index contributed by atoms with van der Waals surface area (Å²) in [5, 5.41) is 3.37. The first-order valence-electron chi connectivity index (χ1n) is 11.8. The monoisotopic (exact) mass is 536 g/mol. The molecule has 0 saturated heterocycles. The number of rotatable bonds is 9. The number of hydrogen-bond acceptors (Lipinski definition) is 5. The number of methoxy groups -OCH3 is 2. The van der Waals surface area contributed by atoms with E-state index in [9.17, 15) is 14.0 Å². The summed E-state index contributed by atoms with van der Waals surface area (Å²) >= 11 is 6.04. The normalized spacial score (nSPS) is 10.7. The van der Waals surface area contributed by atoms with E-state index in [1.807, 2.05) is 12.1 Å². The quantitative estimate of drug-likeness (QED) is 0.307. The van der Waals surface area contributed by atoms with Gasteiger partial charge in [-0.15, -0.1) is 0 Å². The van der Waals surface area contributed by atoms with Gasteiger partial charge in [-0.2, -0.15) is 0 Å². The molecule has 4 aromatic rings. The molecule has 4 rings (SSSR count). The van der Waals surface area contributed by atoms with Crippen LogP contribution in [0.1, 0.15) is 17.3 Å². The van der Waals surface area contributed by atoms with Gasteiger partial charge in [-0.3, -0.25) is 19.5 Å². The Bertz CT molecular complexity index is 1460. The van der Waals surface area contributed by atoms with Crippen LogP contribution in [0.4, 0.5) is 10.3 Å². The fraction of sp³-hybridized carbons (Fsp3) is 0.179. The molecule has 0 radical (unpaired) electrons. The fourth-order valence-corrected chi connectivity index (χ4v) is 4.00. The Hall–Kier alpha value is -4.37. The second-order valence-corrected chi connectivity index (χ2v) is 8.65. The summed E-state index contributed by atoms with van der Waals surface area (Å²) in [5.74, 6) is -0.450. The van der Waals surface area contributed by atoms with Gasteiger partial charge in [0, 0.05) is 29.4 Å². The molecule has 0 aliphatic heterocycles. The molecule has 0 aliphatic rings. The van der Waals surface area contributed by atoms with Gasteiger partial charge in [0.05, 0.1) is 31.2 Å². The molecule has 0 bridgehead atoms. The van der Waals surface area contributed by atoms with E-state index in [0.717, 1.165) is 5.56 Å². The van der Waals surface area contributed by atoms with Crippen LogP contribution in [0, 0.1) is 5.82 Å². The van der Waals surface area contributed by atoms with Gasteiger partial charge in [-0.25, -0.2) is 9.37 Å². The molecule has 2 amide bonds. The van der Waals surface area contributed by atoms with Gasteiger partial charge in [0.1, 0.15) is 12.4 Å². The van der Waals surface area contributed by atoms with Gasteiger partial charge in [0.25, 0.3) is 5.91 Å². The number of anilines is 1. The molecule has 0 saturated carbocycles. The Morgan fingerprint density at radius 2 is 1.74 bits per heavy atom. The lowest BCUT2D eigenvalue weighted by molar-refractivity contribution is -0.116. The minimum Gasteiger partial charge on any atom is -0.493 e. The van der Waals surface area contributed by atoms with E-state index in [1.165, 1.54) is 30.2 Å². The van der Waals surface area contributed by atoms with Crippen molar-refractivity contribution in [3.05, 3.63) is 89.3 Å². The van der Waals surface area contributed by atoms with Crippen molar-refractivity contribution >= 4 is 29.4 Å². The number of carbonyl (C=O) groups is 2. The van der Waals surface area contributed by atoms with Crippen molar-refractivity contribution in [1.82, 2.24) is 14.5 Å². The van der Waals surface area contributed by atoms with Crippen LogP contribution in [0.15, 0.2) is 72.9 Å². The number of nitrogens with zero attached hydrogens (tertiary/aromatic N) is 3. The average Bonchev–Trinajstić information content (AvgIpc) is 3.35. The average molecular weight is 537 g/mol. The van der Waals surface area contributed by atoms with Gasteiger partial charge < -0.3 is 14.4 Å². The summed E-state index contributed by atoms with van der Waals surface area (Å²) in [4.78, 5) is 31.8. The molecule has 8 nitrogen and oxygen atoms in total. The number of benzene rings is 3. The predicted octanol–water partition coefficient (Wildman–Crippen LogP) is 5.45. The van der Waals surface area contributed by atoms with Crippen LogP contribution in [-0.2, 0) is 4.79 Å². The Balaban J connectivity index is 1.65. The number of carbonyl (C=O) groups excluding carboxylic acids is 2. The first kappa shape index (κ1) is 26.7. The molecule has 1 N–H and O–H groups in total. The van der Waals surface area contributed by atoms with Gasteiger partial charge in [-0.1, -0.05) is 35.9 Å². The molecule has 10 heteroatoms. The SMILES string of the molecule is CCN(CC(=O)Nc1nc(-c2ccc(Cl)cc2)cn1-c1ccc(OC)c(OC)c1)C(=O)c1ccccc1F. The largest absolute Gasteiger partial charge is 0.493 e. The van der Waals surface area contributed by atoms with Crippen molar-refractivity contribution in [2.24, 2.45) is 0 Å². The molecule has 0 aliphatic carbocycles. The van der Waals surface area contributed by atoms with E-state index in [2.05, 4.69) is 10.3 Å². The van der Waals surface area contributed by atoms with Crippen LogP contribution in [-0.4, -0.2) is 53.6 Å². The second-order valence-electron chi connectivity index (χ2n) is 8.21. The number of ether oxygens (including phenoxy) is 2. The summed E-state index contributed by atoms with van der Waals surface area (Å²) in [6, 6.07) is 18.1. The molecular weight excluding hydrogens is 511 g/mol. The minimum absolute atomic E-state index is 0.0981. The zero-order chi connectivity index (χ0) is 27.2. The minimum atomic E-state index is -0.645. The van der Waals surface area contributed by atoms with E-state index in [-0.39, 0.29) is 24.6 Å². The van der Waals surface area contributed by atoms with Crippen LogP contribution in [0.25, 0.3) is 16.9 Å². The van der Waals surface area contributed by atoms with Crippen molar-refractivity contribution in [2.45, 2.75) is 6.92 Å². The number of hydrogen-bond donors (Lipinski definition) is 1. The second kappa shape index (κ2) is 11.8. The topological polar surface area (TPSA) is 85.7 Å². The Labute approximate surface area is 224 Å². The van der Waals surface area contributed by atoms with Gasteiger partial charge in [0.15, 0.2) is 11.5 Å². The summed E-state index contributed by atoms with van der Waals surface area (Å²) in [6.45, 7) is 1.63. The standard InChI is InChI=1S/C28H26ClFN4O4/c1-4-33(27(36)21-7-5-6-8-22(21)30)17-26(35)32-28-31-23(18-9-11-19(29)12-10-18)16-34(28)20-13-14-24(37-2)25(15-20)38-3/h5-16H,4,17H2,1-3H3,(H,31,32,35). The lowest BCUT2D eigenvalue weighted by atomic mass is 10.2. The molecule has 1 heterocycles. The highest BCUT2D eigenvalue weighted by Gasteiger charge is 2.22. The fourth-order valence-electron chi connectivity index (χ4n) is 3.87. The molecule has 38 heavy (non-hydrogen) atoms. The lowest BCUT2D eigenvalue weighted by Crippen LogP contribution is -2.38. The van der Waals surface area contributed by atoms with Crippen molar-refractivity contribution in [2.75, 3.05) is 32.6 Å². The number of aromatic nitrogens is 2. The zero-order valence-electron chi connectivity index (χ0n) is 21.1. The summed E-state index contributed by atoms with van der Waals surface area (Å²) in [5.41, 5.74) is 1.93. The highest BCUT2D eigenvalue weighted by atomic mass is 35.5. The van der Waals surface area contributed by atoms with Crippen LogP contribution in [0.5, 0.6) is 11.5 Å². The molecule has 1 aromatic heterocycles. The van der Waals surface area contributed by atoms with Gasteiger partial charge in [-0.05, 0) is 43.3 Å². The lowest BCUT2D eigenvalue weighted by Gasteiger charge is -2.20. The smallest absolute Gasteiger partial charge is 0.257 e. The van der Waals surface area contributed by atoms with E-state index in [0.29, 0.717) is 27.9 Å². The molecular formula is C28H26ClFN4O4. The van der Waals surface area contributed by atoms with Crippen LogP contribution in [0.3, 0.4) is 0 Å². The third-order valence-corrected chi connectivity index (χ3v) is 6.10. The molecule has 0 unspecified atom stereocenters. The van der Waals surface area contributed by atoms with Crippen molar-refractivity contribution in [3.8, 4) is 28.4 Å². The molecule has 0 atom stereocenters. The number of nitrogens with one attached hydrogen (secondary N) is 1. The Kier molecular flexibility index (Phi) is 8.28. The zero-order valence-corrected chi connectivity index (χ0v) is 21.8. The summed E-state index contributed by atoms with van der Waals surface area (Å²) < 4.78 is 26.6. The van der Waals surface area contributed by atoms with Crippen molar-refractivity contribution < 1.29 is 23.5 Å². The van der Waals surface area contributed by atoms with Gasteiger partial charge in [0.2, 0.25) is 11.9 Å². The molecule has 196 valence electrons. The maximum absolute atomic E-state index is 14.2. The van der Waals surface area contributed by atoms with E-state index < -0.39 is 17.6 Å². The highest BCUT2D eigenvalue weighted by molar-refractivity contribution is 6.30. The molecule has 3 aromatic carbocycles. The van der Waals surface area contributed by atoms with Gasteiger partial charge >= 0.3 is 0 Å². The van der Waals surface area contributed by atoms with Crippen LogP contribution < -0.4 is 14.8 Å². The number of amides is 2. The summed E-state index contributed by atoms with van der Waals surface area (Å²) in [6.07, 6.45) is 1.77. The number of likely N-dealkylation sites (N-methyl/N-ethyl adjacent to an activating group) is 1. The third-order valence-electron chi connectivity index (χ3n) is 5.85. The number of imidazole rings is 1. The molecule has 0 spiro atoms. The van der Waals surface area contributed by atoms with E-state index in [1.54, 1.807) is 61.2 Å². The first-order valence-corrected chi connectivity index (χ1v) is 12.1. The highest BCUT2D eigenvalue weighted by Crippen LogP contribution is 2.32. The van der Waals surface area contributed by atoms with Crippen LogP contribution in [0.2, 0.25) is 5.02 Å². The predicted molar refractivity (Wildman–Crippen MR) is 144 cm³/mol. The molecule has 0 fully saturated rings. The summed E-state index contributed by atoms with van der Waals surface area (Å²) in [7, 11) is 3.07. The van der Waals surface area contributed by atoms with Crippen molar-refractivity contribution in [3.63, 3.8) is 0 Å². The maximum atomic E-state index is 14.2. The number of halogens is 2. The van der Waals surface area contributed by atoms with Crippen molar-refractivity contribution in [1.29, 1.82) is 0 Å². The van der Waals surface area contributed by atoms with E-state index in [4.69, 9.17) is 21.1 Å². The maximum Gasteiger partial charge on any atom is 0.257 e. The van der Waals surface area contributed by atoms with E-state index >= 15 is 0 Å². The first-order chi connectivity index (χ1) is 18.3. The Morgan fingerprint density at radius 1 is 1.03 bits per heavy atom. The third kappa shape index (κ3) is 5.78. The Morgan fingerprint density at radius 3 is 2.39 bits per heavy atom. The van der Waals surface area contributed by atoms with Crippen LogP contribution >= 0.6 is 11.6 Å².